The van der Waals surface area contributed by atoms with E-state index in [2.05, 4.69) is 6.07 Å². The van der Waals surface area contributed by atoms with Crippen LogP contribution in [0.25, 0.3) is 0 Å². The number of fused-ring (bicyclic) bond motifs is 2. The molecule has 2 fully saturated rings. The Hall–Kier alpha value is -4.13. The fourth-order valence-corrected chi connectivity index (χ4v) is 4.97. The summed E-state index contributed by atoms with van der Waals surface area (Å²) in [6, 6.07) is 16.2. The molecule has 0 saturated carbocycles. The number of nitrogens with one attached hydrogen (secondary N) is 1. The standard InChI is InChI=1S/C25H21FN4O4/c1-4-32-19-10-5-16(11-20(19)31-3)21-23(12-27,13-28)24(14-29)15(2)25(33-21,34-22(24)30)17-6-8-18(26)9-7-17/h5-11,15,21,30H,4H2,1-3H3. The van der Waals surface area contributed by atoms with Crippen LogP contribution in [0.4, 0.5) is 4.39 Å². The summed E-state index contributed by atoms with van der Waals surface area (Å²) >= 11 is 0. The van der Waals surface area contributed by atoms with Crippen LogP contribution in [0, 0.1) is 62.0 Å². The van der Waals surface area contributed by atoms with Crippen molar-refractivity contribution in [2.24, 2.45) is 16.7 Å². The zero-order valence-electron chi connectivity index (χ0n) is 18.8. The first-order valence-electron chi connectivity index (χ1n) is 10.6. The van der Waals surface area contributed by atoms with Gasteiger partial charge in [-0.2, -0.15) is 15.8 Å². The Kier molecular flexibility index (Phi) is 5.44. The quantitative estimate of drug-likeness (QED) is 0.702. The first-order valence-corrected chi connectivity index (χ1v) is 10.6. The summed E-state index contributed by atoms with van der Waals surface area (Å²) in [4.78, 5) is 0. The molecule has 2 aromatic carbocycles. The van der Waals surface area contributed by atoms with Crippen molar-refractivity contribution < 1.29 is 23.3 Å². The van der Waals surface area contributed by atoms with Crippen molar-refractivity contribution in [3.8, 4) is 29.7 Å². The maximum atomic E-state index is 13.7. The SMILES string of the molecule is CCOc1ccc(C2OC3(c4ccc(F)cc4)OC(=N)C(C#N)(C3C)C2(C#N)C#N)cc1OC. The van der Waals surface area contributed by atoms with Gasteiger partial charge in [-0.1, -0.05) is 13.0 Å². The number of hydrogen-bond donors (Lipinski definition) is 1. The van der Waals surface area contributed by atoms with Crippen LogP contribution in [0.1, 0.15) is 31.1 Å². The highest BCUT2D eigenvalue weighted by atomic mass is 19.1. The molecule has 34 heavy (non-hydrogen) atoms. The molecule has 0 aliphatic carbocycles. The molecule has 2 bridgehead atoms. The smallest absolute Gasteiger partial charge is 0.244 e. The fourth-order valence-electron chi connectivity index (χ4n) is 4.97. The zero-order valence-corrected chi connectivity index (χ0v) is 18.8. The number of methoxy groups -OCH3 is 1. The van der Waals surface area contributed by atoms with Crippen LogP contribution in [-0.4, -0.2) is 19.6 Å². The fraction of sp³-hybridized carbons (Fsp3) is 0.360. The van der Waals surface area contributed by atoms with E-state index >= 15 is 0 Å². The summed E-state index contributed by atoms with van der Waals surface area (Å²) in [5.74, 6) is -2.88. The topological polar surface area (TPSA) is 132 Å². The Labute approximate surface area is 196 Å². The van der Waals surface area contributed by atoms with E-state index in [4.69, 9.17) is 24.4 Å². The number of benzene rings is 2. The molecule has 0 aromatic heterocycles. The summed E-state index contributed by atoms with van der Waals surface area (Å²) < 4.78 is 37.0. The van der Waals surface area contributed by atoms with E-state index in [1.807, 2.05) is 19.1 Å². The van der Waals surface area contributed by atoms with E-state index in [0.29, 0.717) is 29.2 Å². The average molecular weight is 460 g/mol. The Morgan fingerprint density at radius 3 is 2.29 bits per heavy atom. The minimum absolute atomic E-state index is 0.344. The third-order valence-corrected chi connectivity index (χ3v) is 6.71. The van der Waals surface area contributed by atoms with Gasteiger partial charge in [-0.05, 0) is 48.9 Å². The van der Waals surface area contributed by atoms with E-state index in [0.717, 1.165) is 0 Å². The Morgan fingerprint density at radius 2 is 1.74 bits per heavy atom. The number of rotatable bonds is 5. The first-order chi connectivity index (χ1) is 16.3. The molecule has 4 rings (SSSR count). The normalized spacial score (nSPS) is 28.7. The molecule has 2 aliphatic heterocycles. The number of halogens is 1. The number of hydrogen-bond acceptors (Lipinski definition) is 8. The zero-order chi connectivity index (χ0) is 24.7. The molecule has 2 saturated heterocycles. The lowest BCUT2D eigenvalue weighted by Crippen LogP contribution is -2.57. The molecule has 4 atom stereocenters. The molecule has 0 radical (unpaired) electrons. The van der Waals surface area contributed by atoms with Gasteiger partial charge in [0.15, 0.2) is 16.9 Å². The molecule has 4 unspecified atom stereocenters. The molecule has 9 heteroatoms. The van der Waals surface area contributed by atoms with Gasteiger partial charge >= 0.3 is 0 Å². The molecule has 2 aromatic rings. The molecular formula is C25H21FN4O4. The van der Waals surface area contributed by atoms with Crippen molar-refractivity contribution in [1.82, 2.24) is 0 Å². The van der Waals surface area contributed by atoms with Gasteiger partial charge in [0.2, 0.25) is 17.1 Å². The molecule has 0 amide bonds. The monoisotopic (exact) mass is 460 g/mol. The maximum absolute atomic E-state index is 13.7. The largest absolute Gasteiger partial charge is 0.493 e. The minimum Gasteiger partial charge on any atom is -0.493 e. The summed E-state index contributed by atoms with van der Waals surface area (Å²) in [7, 11) is 1.45. The molecule has 8 nitrogen and oxygen atoms in total. The summed E-state index contributed by atoms with van der Waals surface area (Å²) in [6.45, 7) is 3.80. The van der Waals surface area contributed by atoms with E-state index in [-0.39, 0.29) is 0 Å². The first kappa shape index (κ1) is 23.0. The van der Waals surface area contributed by atoms with Crippen LogP contribution >= 0.6 is 0 Å². The van der Waals surface area contributed by atoms with Crippen LogP contribution in [0.2, 0.25) is 0 Å². The van der Waals surface area contributed by atoms with Gasteiger partial charge < -0.3 is 18.9 Å². The van der Waals surface area contributed by atoms with E-state index in [1.54, 1.807) is 25.1 Å². The van der Waals surface area contributed by atoms with Crippen molar-refractivity contribution in [2.75, 3.05) is 13.7 Å². The minimum atomic E-state index is -2.13. The van der Waals surface area contributed by atoms with Gasteiger partial charge in [-0.25, -0.2) is 4.39 Å². The Balaban J connectivity index is 2.00. The van der Waals surface area contributed by atoms with Crippen LogP contribution in [0.3, 0.4) is 0 Å². The van der Waals surface area contributed by atoms with E-state index in [1.165, 1.54) is 31.4 Å². The highest BCUT2D eigenvalue weighted by Crippen LogP contribution is 2.69. The molecular weight excluding hydrogens is 439 g/mol. The molecule has 1 N–H and O–H groups in total. The van der Waals surface area contributed by atoms with Gasteiger partial charge in [0.25, 0.3) is 0 Å². The average Bonchev–Trinajstić information content (AvgIpc) is 3.01. The van der Waals surface area contributed by atoms with Crippen molar-refractivity contribution in [3.63, 3.8) is 0 Å². The molecule has 0 spiro atoms. The Bertz CT molecular complexity index is 1260. The third kappa shape index (κ3) is 2.73. The van der Waals surface area contributed by atoms with Crippen LogP contribution in [0.5, 0.6) is 11.5 Å². The number of nitrogens with zero attached hydrogens (tertiary/aromatic N) is 3. The van der Waals surface area contributed by atoms with Crippen molar-refractivity contribution >= 4 is 5.90 Å². The summed E-state index contributed by atoms with van der Waals surface area (Å²) in [6.07, 6.45) is -1.31. The summed E-state index contributed by atoms with van der Waals surface area (Å²) in [5, 5.41) is 39.6. The van der Waals surface area contributed by atoms with Gasteiger partial charge in [-0.3, -0.25) is 5.41 Å². The predicted molar refractivity (Wildman–Crippen MR) is 116 cm³/mol. The lowest BCUT2D eigenvalue weighted by molar-refractivity contribution is -0.288. The van der Waals surface area contributed by atoms with Gasteiger partial charge in [-0.15, -0.1) is 0 Å². The van der Waals surface area contributed by atoms with Gasteiger partial charge in [0.1, 0.15) is 11.9 Å². The highest BCUT2D eigenvalue weighted by Gasteiger charge is 2.79. The molecule has 2 aliphatic rings. The van der Waals surface area contributed by atoms with Crippen molar-refractivity contribution in [3.05, 3.63) is 59.4 Å². The van der Waals surface area contributed by atoms with E-state index in [9.17, 15) is 20.2 Å². The predicted octanol–water partition coefficient (Wildman–Crippen LogP) is 4.34. The van der Waals surface area contributed by atoms with Crippen LogP contribution < -0.4 is 9.47 Å². The second-order valence-corrected chi connectivity index (χ2v) is 8.12. The Morgan fingerprint density at radius 1 is 1.06 bits per heavy atom. The lowest BCUT2D eigenvalue weighted by atomic mass is 9.53. The van der Waals surface area contributed by atoms with Gasteiger partial charge in [0.05, 0.1) is 37.8 Å². The number of ether oxygens (including phenoxy) is 4. The summed E-state index contributed by atoms with van der Waals surface area (Å²) in [5.41, 5.74) is -3.37. The van der Waals surface area contributed by atoms with E-state index < -0.39 is 40.4 Å². The second-order valence-electron chi connectivity index (χ2n) is 8.12. The van der Waals surface area contributed by atoms with Crippen LogP contribution in [-0.2, 0) is 15.3 Å². The maximum Gasteiger partial charge on any atom is 0.244 e. The number of nitriles is 3. The van der Waals surface area contributed by atoms with Crippen molar-refractivity contribution in [2.45, 2.75) is 25.7 Å². The highest BCUT2D eigenvalue weighted by molar-refractivity contribution is 5.89. The molecule has 2 heterocycles. The van der Waals surface area contributed by atoms with Gasteiger partial charge in [0, 0.05) is 5.56 Å². The van der Waals surface area contributed by atoms with Crippen LogP contribution in [0.15, 0.2) is 42.5 Å². The van der Waals surface area contributed by atoms with Crippen molar-refractivity contribution in [1.29, 1.82) is 21.2 Å². The second kappa shape index (κ2) is 8.02. The lowest BCUT2D eigenvalue weighted by Gasteiger charge is -2.48. The third-order valence-electron chi connectivity index (χ3n) is 6.71. The molecule has 172 valence electrons.